The van der Waals surface area contributed by atoms with Gasteiger partial charge < -0.3 is 5.32 Å². The molecule has 0 bridgehead atoms. The summed E-state index contributed by atoms with van der Waals surface area (Å²) < 4.78 is 0. The minimum atomic E-state index is 0.431. The van der Waals surface area contributed by atoms with Gasteiger partial charge in [0, 0.05) is 25.2 Å². The second-order valence-electron chi connectivity index (χ2n) is 7.03. The predicted octanol–water partition coefficient (Wildman–Crippen LogP) is 2.74. The molecule has 0 aliphatic carbocycles. The van der Waals surface area contributed by atoms with E-state index >= 15 is 0 Å². The van der Waals surface area contributed by atoms with Gasteiger partial charge in [-0.2, -0.15) is 0 Å². The van der Waals surface area contributed by atoms with Crippen LogP contribution in [-0.2, 0) is 0 Å². The number of nitrogens with zero attached hydrogens (tertiary/aromatic N) is 1. The summed E-state index contributed by atoms with van der Waals surface area (Å²) in [6, 6.07) is 1.43. The maximum Gasteiger partial charge on any atom is 0.0226 e. The lowest BCUT2D eigenvalue weighted by Gasteiger charge is -2.43. The van der Waals surface area contributed by atoms with E-state index in [1.54, 1.807) is 0 Å². The van der Waals surface area contributed by atoms with Gasteiger partial charge in [0.2, 0.25) is 0 Å². The van der Waals surface area contributed by atoms with Gasteiger partial charge in [0.15, 0.2) is 0 Å². The molecule has 96 valence electrons. The van der Waals surface area contributed by atoms with Gasteiger partial charge in [-0.25, -0.2) is 0 Å². The van der Waals surface area contributed by atoms with Gasteiger partial charge in [-0.05, 0) is 31.2 Å². The molecule has 2 nitrogen and oxygen atoms in total. The lowest BCUT2D eigenvalue weighted by atomic mass is 9.85. The van der Waals surface area contributed by atoms with Crippen LogP contribution >= 0.6 is 0 Å². The highest BCUT2D eigenvalue weighted by molar-refractivity contribution is 4.88. The van der Waals surface area contributed by atoms with Crippen molar-refractivity contribution >= 4 is 0 Å². The van der Waals surface area contributed by atoms with Crippen molar-refractivity contribution in [2.45, 2.75) is 59.5 Å². The van der Waals surface area contributed by atoms with Gasteiger partial charge in [-0.1, -0.05) is 34.6 Å². The SMILES string of the molecule is CC(C)C[C@@H]1CNCC(CC(C)(C)C)N1C. The van der Waals surface area contributed by atoms with E-state index in [0.29, 0.717) is 11.5 Å². The molecule has 1 saturated heterocycles. The first-order valence-electron chi connectivity index (χ1n) is 6.72. The van der Waals surface area contributed by atoms with Crippen LogP contribution in [0.3, 0.4) is 0 Å². The zero-order valence-electron chi connectivity index (χ0n) is 12.0. The maximum atomic E-state index is 3.60. The quantitative estimate of drug-likeness (QED) is 0.796. The first-order chi connectivity index (χ1) is 7.29. The molecule has 16 heavy (non-hydrogen) atoms. The molecule has 1 aliphatic heterocycles. The Bertz CT molecular complexity index is 205. The number of likely N-dealkylation sites (N-methyl/N-ethyl adjacent to an activating group) is 1. The molecule has 0 aromatic heterocycles. The number of piperazine rings is 1. The summed E-state index contributed by atoms with van der Waals surface area (Å²) in [7, 11) is 2.31. The fourth-order valence-electron chi connectivity index (χ4n) is 2.72. The molecule has 1 unspecified atom stereocenters. The van der Waals surface area contributed by atoms with Crippen LogP contribution in [0, 0.1) is 11.3 Å². The topological polar surface area (TPSA) is 15.3 Å². The first-order valence-corrected chi connectivity index (χ1v) is 6.72. The minimum absolute atomic E-state index is 0.431. The van der Waals surface area contributed by atoms with E-state index in [1.165, 1.54) is 12.8 Å². The second-order valence-corrected chi connectivity index (χ2v) is 7.03. The summed E-state index contributed by atoms with van der Waals surface area (Å²) in [4.78, 5) is 2.61. The van der Waals surface area contributed by atoms with E-state index in [1.807, 2.05) is 0 Å². The van der Waals surface area contributed by atoms with Gasteiger partial charge in [-0.3, -0.25) is 4.90 Å². The summed E-state index contributed by atoms with van der Waals surface area (Å²) in [5.41, 5.74) is 0.431. The van der Waals surface area contributed by atoms with Crippen LogP contribution in [-0.4, -0.2) is 37.1 Å². The Morgan fingerprint density at radius 2 is 1.75 bits per heavy atom. The standard InChI is InChI=1S/C14H30N2/c1-11(2)7-12-9-15-10-13(16(12)6)8-14(3,4)5/h11-13,15H,7-10H2,1-6H3/t12-,13?/m1/s1. The van der Waals surface area contributed by atoms with Crippen molar-refractivity contribution in [2.24, 2.45) is 11.3 Å². The molecule has 0 radical (unpaired) electrons. The van der Waals surface area contributed by atoms with Crippen LogP contribution in [0.4, 0.5) is 0 Å². The summed E-state index contributed by atoms with van der Waals surface area (Å²) in [5, 5.41) is 3.60. The molecule has 2 atom stereocenters. The van der Waals surface area contributed by atoms with Gasteiger partial charge in [0.25, 0.3) is 0 Å². The van der Waals surface area contributed by atoms with Crippen LogP contribution < -0.4 is 5.32 Å². The lowest BCUT2D eigenvalue weighted by molar-refractivity contribution is 0.0852. The van der Waals surface area contributed by atoms with E-state index in [-0.39, 0.29) is 0 Å². The number of hydrogen-bond acceptors (Lipinski definition) is 2. The number of nitrogens with one attached hydrogen (secondary N) is 1. The Morgan fingerprint density at radius 3 is 2.25 bits per heavy atom. The Kier molecular flexibility index (Phi) is 4.81. The average Bonchev–Trinajstić information content (AvgIpc) is 2.09. The van der Waals surface area contributed by atoms with Gasteiger partial charge in [-0.15, -0.1) is 0 Å². The van der Waals surface area contributed by atoms with E-state index in [0.717, 1.165) is 25.0 Å². The molecule has 1 N–H and O–H groups in total. The first kappa shape index (κ1) is 14.0. The molecule has 0 spiro atoms. The zero-order valence-corrected chi connectivity index (χ0v) is 12.0. The van der Waals surface area contributed by atoms with E-state index in [9.17, 15) is 0 Å². The third-order valence-corrected chi connectivity index (χ3v) is 3.50. The summed E-state index contributed by atoms with van der Waals surface area (Å²) >= 11 is 0. The Morgan fingerprint density at radius 1 is 1.19 bits per heavy atom. The average molecular weight is 226 g/mol. The largest absolute Gasteiger partial charge is 0.314 e. The van der Waals surface area contributed by atoms with Crippen LogP contribution in [0.2, 0.25) is 0 Å². The normalized spacial score (nSPS) is 28.7. The van der Waals surface area contributed by atoms with Gasteiger partial charge >= 0.3 is 0 Å². The van der Waals surface area contributed by atoms with Crippen LogP contribution in [0.25, 0.3) is 0 Å². The van der Waals surface area contributed by atoms with Crippen molar-refractivity contribution in [1.82, 2.24) is 10.2 Å². The summed E-state index contributed by atoms with van der Waals surface area (Å²) in [6.07, 6.45) is 2.59. The van der Waals surface area contributed by atoms with Gasteiger partial charge in [0.1, 0.15) is 0 Å². The fraction of sp³-hybridized carbons (Fsp3) is 1.00. The third kappa shape index (κ3) is 4.42. The van der Waals surface area contributed by atoms with Crippen molar-refractivity contribution in [3.05, 3.63) is 0 Å². The second kappa shape index (κ2) is 5.50. The molecule has 1 aliphatic rings. The highest BCUT2D eigenvalue weighted by Gasteiger charge is 2.30. The van der Waals surface area contributed by atoms with E-state index in [4.69, 9.17) is 0 Å². The van der Waals surface area contributed by atoms with E-state index < -0.39 is 0 Å². The molecule has 1 fully saturated rings. The third-order valence-electron chi connectivity index (χ3n) is 3.50. The van der Waals surface area contributed by atoms with Crippen molar-refractivity contribution in [1.29, 1.82) is 0 Å². The number of rotatable bonds is 3. The van der Waals surface area contributed by atoms with Crippen molar-refractivity contribution in [3.63, 3.8) is 0 Å². The molecule has 0 saturated carbocycles. The molecule has 1 rings (SSSR count). The maximum absolute atomic E-state index is 3.60. The smallest absolute Gasteiger partial charge is 0.0226 e. The minimum Gasteiger partial charge on any atom is -0.314 e. The van der Waals surface area contributed by atoms with Crippen molar-refractivity contribution in [3.8, 4) is 0 Å². The highest BCUT2D eigenvalue weighted by Crippen LogP contribution is 2.26. The van der Waals surface area contributed by atoms with Crippen molar-refractivity contribution < 1.29 is 0 Å². The Balaban J connectivity index is 2.53. The van der Waals surface area contributed by atoms with Crippen LogP contribution in [0.15, 0.2) is 0 Å². The Hall–Kier alpha value is -0.0800. The molecule has 1 heterocycles. The summed E-state index contributed by atoms with van der Waals surface area (Å²) in [6.45, 7) is 14.0. The molecular weight excluding hydrogens is 196 g/mol. The van der Waals surface area contributed by atoms with E-state index in [2.05, 4.69) is 51.9 Å². The van der Waals surface area contributed by atoms with Crippen LogP contribution in [0.5, 0.6) is 0 Å². The molecule has 2 heteroatoms. The zero-order chi connectivity index (χ0) is 12.3. The fourth-order valence-corrected chi connectivity index (χ4v) is 2.72. The molecule has 0 aromatic carbocycles. The Labute approximate surface area is 102 Å². The molecule has 0 amide bonds. The van der Waals surface area contributed by atoms with Gasteiger partial charge in [0.05, 0.1) is 0 Å². The molecular formula is C14H30N2. The van der Waals surface area contributed by atoms with Crippen LogP contribution in [0.1, 0.15) is 47.5 Å². The highest BCUT2D eigenvalue weighted by atomic mass is 15.2. The molecule has 0 aromatic rings. The monoisotopic (exact) mass is 226 g/mol. The predicted molar refractivity (Wildman–Crippen MR) is 71.7 cm³/mol. The number of hydrogen-bond donors (Lipinski definition) is 1. The lowest BCUT2D eigenvalue weighted by Crippen LogP contribution is -2.56. The van der Waals surface area contributed by atoms with Crippen molar-refractivity contribution in [2.75, 3.05) is 20.1 Å². The summed E-state index contributed by atoms with van der Waals surface area (Å²) in [5.74, 6) is 0.794.